The molecule has 1 fully saturated rings. The molecule has 1 unspecified atom stereocenters. The van der Waals surface area contributed by atoms with E-state index in [1.807, 2.05) is 23.1 Å². The zero-order valence-corrected chi connectivity index (χ0v) is 12.3. The van der Waals surface area contributed by atoms with Crippen molar-refractivity contribution in [2.75, 3.05) is 13.1 Å². The number of phenols is 1. The van der Waals surface area contributed by atoms with Crippen LogP contribution in [0.2, 0.25) is 5.02 Å². The number of amides is 1. The molecule has 4 heteroatoms. The predicted octanol–water partition coefficient (Wildman–Crippen LogP) is 3.68. The summed E-state index contributed by atoms with van der Waals surface area (Å²) in [4.78, 5) is 14.3. The summed E-state index contributed by atoms with van der Waals surface area (Å²) in [7, 11) is 0. The monoisotopic (exact) mass is 301 g/mol. The molecule has 1 aliphatic rings. The molecular weight excluding hydrogens is 286 g/mol. The Morgan fingerprint density at radius 2 is 1.95 bits per heavy atom. The van der Waals surface area contributed by atoms with Crippen molar-refractivity contribution in [3.8, 4) is 5.75 Å². The Kier molecular flexibility index (Phi) is 3.84. The lowest BCUT2D eigenvalue weighted by atomic mass is 9.99. The van der Waals surface area contributed by atoms with Crippen LogP contribution < -0.4 is 0 Å². The van der Waals surface area contributed by atoms with Gasteiger partial charge >= 0.3 is 0 Å². The van der Waals surface area contributed by atoms with Gasteiger partial charge in [-0.2, -0.15) is 0 Å². The molecule has 1 saturated heterocycles. The van der Waals surface area contributed by atoms with Crippen LogP contribution in [0.15, 0.2) is 48.5 Å². The van der Waals surface area contributed by atoms with E-state index < -0.39 is 0 Å². The Morgan fingerprint density at radius 3 is 2.67 bits per heavy atom. The Labute approximate surface area is 128 Å². The first kappa shape index (κ1) is 14.0. The number of rotatable bonds is 2. The molecule has 0 spiro atoms. The Balaban J connectivity index is 1.74. The van der Waals surface area contributed by atoms with E-state index in [1.54, 1.807) is 6.07 Å². The van der Waals surface area contributed by atoms with Gasteiger partial charge in [0, 0.05) is 24.6 Å². The van der Waals surface area contributed by atoms with Gasteiger partial charge in [-0.3, -0.25) is 4.79 Å². The third-order valence-corrected chi connectivity index (χ3v) is 4.24. The first-order valence-corrected chi connectivity index (χ1v) is 7.35. The number of carbonyl (C=O) groups excluding carboxylic acids is 1. The van der Waals surface area contributed by atoms with Gasteiger partial charge in [0.1, 0.15) is 5.75 Å². The zero-order chi connectivity index (χ0) is 14.8. The van der Waals surface area contributed by atoms with Crippen molar-refractivity contribution in [2.45, 2.75) is 12.3 Å². The molecular formula is C17H16ClNO2. The Hall–Kier alpha value is -2.00. The Morgan fingerprint density at radius 1 is 1.19 bits per heavy atom. The van der Waals surface area contributed by atoms with Gasteiger partial charge in [0.05, 0.1) is 5.02 Å². The summed E-state index contributed by atoms with van der Waals surface area (Å²) in [5.74, 6) is 0.356. The normalized spacial score (nSPS) is 18.0. The van der Waals surface area contributed by atoms with Crippen molar-refractivity contribution < 1.29 is 9.90 Å². The van der Waals surface area contributed by atoms with Gasteiger partial charge in [-0.25, -0.2) is 0 Å². The summed E-state index contributed by atoms with van der Waals surface area (Å²) in [5, 5.41) is 9.63. The van der Waals surface area contributed by atoms with Gasteiger partial charge in [0.2, 0.25) is 0 Å². The molecule has 1 atom stereocenters. The molecule has 0 saturated carbocycles. The van der Waals surface area contributed by atoms with Gasteiger partial charge < -0.3 is 10.0 Å². The van der Waals surface area contributed by atoms with Crippen LogP contribution in [-0.4, -0.2) is 29.0 Å². The summed E-state index contributed by atoms with van der Waals surface area (Å²) in [6.07, 6.45) is 0.974. The fourth-order valence-electron chi connectivity index (χ4n) is 2.76. The van der Waals surface area contributed by atoms with Gasteiger partial charge in [0.25, 0.3) is 5.91 Å². The van der Waals surface area contributed by atoms with Gasteiger partial charge in [-0.1, -0.05) is 41.9 Å². The lowest BCUT2D eigenvalue weighted by Gasteiger charge is -2.17. The van der Waals surface area contributed by atoms with E-state index in [4.69, 9.17) is 11.6 Å². The highest BCUT2D eigenvalue weighted by molar-refractivity contribution is 6.32. The van der Waals surface area contributed by atoms with Gasteiger partial charge in [0.15, 0.2) is 0 Å². The number of hydrogen-bond donors (Lipinski definition) is 1. The molecule has 1 amide bonds. The first-order valence-electron chi connectivity index (χ1n) is 6.98. The summed E-state index contributed by atoms with van der Waals surface area (Å²) >= 11 is 5.87. The highest BCUT2D eigenvalue weighted by Crippen LogP contribution is 2.29. The molecule has 0 radical (unpaired) electrons. The summed E-state index contributed by atoms with van der Waals surface area (Å²) in [5.41, 5.74) is 1.79. The molecule has 3 nitrogen and oxygen atoms in total. The molecule has 2 aromatic carbocycles. The fraction of sp³-hybridized carbons (Fsp3) is 0.235. The van der Waals surface area contributed by atoms with Crippen molar-refractivity contribution in [3.05, 3.63) is 64.7 Å². The maximum absolute atomic E-state index is 12.5. The minimum Gasteiger partial charge on any atom is -0.506 e. The largest absolute Gasteiger partial charge is 0.506 e. The molecule has 21 heavy (non-hydrogen) atoms. The third-order valence-electron chi connectivity index (χ3n) is 3.94. The summed E-state index contributed by atoms with van der Waals surface area (Å²) in [6.45, 7) is 1.47. The topological polar surface area (TPSA) is 40.5 Å². The lowest BCUT2D eigenvalue weighted by molar-refractivity contribution is 0.0791. The second kappa shape index (κ2) is 5.78. The number of phenolic OH excluding ortho intramolecular Hbond substituents is 1. The molecule has 0 aromatic heterocycles. The first-order chi connectivity index (χ1) is 10.1. The molecule has 1 N–H and O–H groups in total. The van der Waals surface area contributed by atoms with E-state index in [0.29, 0.717) is 11.5 Å². The van der Waals surface area contributed by atoms with E-state index in [1.165, 1.54) is 17.7 Å². The maximum atomic E-state index is 12.5. The van der Waals surface area contributed by atoms with Crippen LogP contribution in [0.25, 0.3) is 0 Å². The summed E-state index contributed by atoms with van der Waals surface area (Å²) in [6, 6.07) is 14.9. The van der Waals surface area contributed by atoms with Crippen molar-refractivity contribution >= 4 is 17.5 Å². The van der Waals surface area contributed by atoms with Crippen LogP contribution >= 0.6 is 11.6 Å². The van der Waals surface area contributed by atoms with Crippen LogP contribution in [0.1, 0.15) is 28.3 Å². The van der Waals surface area contributed by atoms with Crippen molar-refractivity contribution in [3.63, 3.8) is 0 Å². The number of likely N-dealkylation sites (tertiary alicyclic amines) is 1. The van der Waals surface area contributed by atoms with Crippen molar-refractivity contribution in [1.29, 1.82) is 0 Å². The number of nitrogens with zero attached hydrogens (tertiary/aromatic N) is 1. The fourth-order valence-corrected chi connectivity index (χ4v) is 2.95. The molecule has 1 aliphatic heterocycles. The lowest BCUT2D eigenvalue weighted by Crippen LogP contribution is -2.28. The van der Waals surface area contributed by atoms with E-state index >= 15 is 0 Å². The highest BCUT2D eigenvalue weighted by Gasteiger charge is 2.28. The maximum Gasteiger partial charge on any atom is 0.253 e. The van der Waals surface area contributed by atoms with E-state index in [9.17, 15) is 9.90 Å². The Bertz CT molecular complexity index is 657. The average molecular weight is 302 g/mol. The minimum atomic E-state index is -0.0321. The highest BCUT2D eigenvalue weighted by atomic mass is 35.5. The van der Waals surface area contributed by atoms with Crippen LogP contribution in [0.4, 0.5) is 0 Å². The van der Waals surface area contributed by atoms with Crippen molar-refractivity contribution in [2.24, 2.45) is 0 Å². The van der Waals surface area contributed by atoms with E-state index in [0.717, 1.165) is 19.5 Å². The van der Waals surface area contributed by atoms with Gasteiger partial charge in [-0.15, -0.1) is 0 Å². The SMILES string of the molecule is O=C(c1ccc(O)c(Cl)c1)N1CCC(c2ccccc2)C1. The number of benzene rings is 2. The second-order valence-corrected chi connectivity index (χ2v) is 5.72. The standard InChI is InChI=1S/C17H16ClNO2/c18-15-10-13(6-7-16(15)20)17(21)19-9-8-14(11-19)12-4-2-1-3-5-12/h1-7,10,14,20H,8-9,11H2. The molecule has 0 bridgehead atoms. The predicted molar refractivity (Wildman–Crippen MR) is 82.8 cm³/mol. The smallest absolute Gasteiger partial charge is 0.253 e. The number of halogens is 1. The van der Waals surface area contributed by atoms with Crippen LogP contribution in [0, 0.1) is 0 Å². The molecule has 1 heterocycles. The minimum absolute atomic E-state index is 0.00296. The number of hydrogen-bond acceptors (Lipinski definition) is 2. The molecule has 2 aromatic rings. The van der Waals surface area contributed by atoms with Crippen LogP contribution in [0.5, 0.6) is 5.75 Å². The van der Waals surface area contributed by atoms with Gasteiger partial charge in [-0.05, 0) is 30.2 Å². The third kappa shape index (κ3) is 2.88. The van der Waals surface area contributed by atoms with Crippen LogP contribution in [-0.2, 0) is 0 Å². The quantitative estimate of drug-likeness (QED) is 0.919. The van der Waals surface area contributed by atoms with E-state index in [2.05, 4.69) is 12.1 Å². The molecule has 3 rings (SSSR count). The molecule has 108 valence electrons. The van der Waals surface area contributed by atoms with E-state index in [-0.39, 0.29) is 16.7 Å². The zero-order valence-electron chi connectivity index (χ0n) is 11.5. The summed E-state index contributed by atoms with van der Waals surface area (Å²) < 4.78 is 0. The van der Waals surface area contributed by atoms with Crippen LogP contribution in [0.3, 0.4) is 0 Å². The van der Waals surface area contributed by atoms with Crippen molar-refractivity contribution in [1.82, 2.24) is 4.90 Å². The number of aromatic hydroxyl groups is 1. The molecule has 0 aliphatic carbocycles. The number of carbonyl (C=O) groups is 1. The average Bonchev–Trinajstić information content (AvgIpc) is 3.00. The second-order valence-electron chi connectivity index (χ2n) is 5.31.